The first-order valence-electron chi connectivity index (χ1n) is 6.21. The molecule has 0 unspecified atom stereocenters. The van der Waals surface area contributed by atoms with E-state index >= 15 is 0 Å². The second-order valence-corrected chi connectivity index (χ2v) is 5.82. The minimum atomic E-state index is 1.03. The predicted molar refractivity (Wildman–Crippen MR) is 78.4 cm³/mol. The summed E-state index contributed by atoms with van der Waals surface area (Å²) in [5.41, 5.74) is 2.32. The lowest BCUT2D eigenvalue weighted by molar-refractivity contribution is 0.687. The van der Waals surface area contributed by atoms with Gasteiger partial charge in [0.15, 0.2) is 0 Å². The third kappa shape index (κ3) is 2.56. The zero-order valence-electron chi connectivity index (χ0n) is 9.69. The lowest BCUT2D eigenvalue weighted by Crippen LogP contribution is -2.01. The van der Waals surface area contributed by atoms with Crippen molar-refractivity contribution in [3.05, 3.63) is 28.1 Å². The van der Waals surface area contributed by atoms with Crippen LogP contribution in [0.2, 0.25) is 0 Å². The van der Waals surface area contributed by atoms with E-state index in [2.05, 4.69) is 51.2 Å². The Morgan fingerprint density at radius 3 is 3.12 bits per heavy atom. The molecule has 2 heterocycles. The van der Waals surface area contributed by atoms with Crippen LogP contribution >= 0.6 is 22.6 Å². The van der Waals surface area contributed by atoms with Gasteiger partial charge >= 0.3 is 0 Å². The second-order valence-electron chi connectivity index (χ2n) is 4.72. The monoisotopic (exact) mass is 341 g/mol. The van der Waals surface area contributed by atoms with Gasteiger partial charge in [-0.05, 0) is 53.5 Å². The molecule has 2 aromatic heterocycles. The first-order valence-corrected chi connectivity index (χ1v) is 7.28. The fraction of sp³-hybridized carbons (Fsp3) is 0.462. The van der Waals surface area contributed by atoms with Gasteiger partial charge in [0.1, 0.15) is 3.70 Å². The summed E-state index contributed by atoms with van der Waals surface area (Å²) in [7, 11) is 0. The molecule has 0 saturated heterocycles. The van der Waals surface area contributed by atoms with E-state index in [-0.39, 0.29) is 0 Å². The number of nitrogens with one attached hydrogen (secondary N) is 1. The smallest absolute Gasteiger partial charge is 0.103 e. The molecule has 4 heteroatoms. The fourth-order valence-electron chi connectivity index (χ4n) is 2.13. The van der Waals surface area contributed by atoms with Crippen LogP contribution in [-0.4, -0.2) is 16.2 Å². The number of hydrogen-bond acceptors (Lipinski definition) is 2. The fourth-order valence-corrected chi connectivity index (χ4v) is 2.73. The van der Waals surface area contributed by atoms with Gasteiger partial charge in [-0.25, -0.2) is 4.52 Å². The zero-order chi connectivity index (χ0) is 11.7. The van der Waals surface area contributed by atoms with Crippen LogP contribution in [0.3, 0.4) is 0 Å². The molecule has 0 atom stereocenters. The maximum atomic E-state index is 4.39. The van der Waals surface area contributed by atoms with Gasteiger partial charge in [-0.1, -0.05) is 18.9 Å². The lowest BCUT2D eigenvalue weighted by atomic mass is 10.2. The summed E-state index contributed by atoms with van der Waals surface area (Å²) >= 11 is 2.31. The molecule has 17 heavy (non-hydrogen) atoms. The standard InChI is InChI=1S/C13H16IN3/c14-13-5-1-4-12-11(9-16-17(12)13)15-8-2-3-10-6-7-10/h1,4-5,9-10,15H,2-3,6-8H2. The van der Waals surface area contributed by atoms with Crippen molar-refractivity contribution in [2.24, 2.45) is 5.92 Å². The SMILES string of the molecule is Ic1cccc2c(NCCCC3CC3)cnn12. The van der Waals surface area contributed by atoms with Gasteiger partial charge in [-0.15, -0.1) is 0 Å². The van der Waals surface area contributed by atoms with E-state index in [1.165, 1.54) is 31.2 Å². The van der Waals surface area contributed by atoms with E-state index < -0.39 is 0 Å². The van der Waals surface area contributed by atoms with Crippen molar-refractivity contribution in [1.82, 2.24) is 9.61 Å². The van der Waals surface area contributed by atoms with E-state index in [1.807, 2.05) is 10.7 Å². The molecule has 2 aromatic rings. The number of pyridine rings is 1. The zero-order valence-corrected chi connectivity index (χ0v) is 11.9. The highest BCUT2D eigenvalue weighted by atomic mass is 127. The molecule has 0 spiro atoms. The minimum Gasteiger partial charge on any atom is -0.382 e. The molecule has 1 saturated carbocycles. The first-order chi connectivity index (χ1) is 8.34. The summed E-state index contributed by atoms with van der Waals surface area (Å²) in [6.07, 6.45) is 7.48. The molecule has 3 rings (SSSR count). The van der Waals surface area contributed by atoms with Crippen LogP contribution in [0.5, 0.6) is 0 Å². The average molecular weight is 341 g/mol. The summed E-state index contributed by atoms with van der Waals surface area (Å²) < 4.78 is 3.12. The average Bonchev–Trinajstić information content (AvgIpc) is 3.06. The summed E-state index contributed by atoms with van der Waals surface area (Å²) in [6.45, 7) is 1.06. The van der Waals surface area contributed by atoms with Gasteiger partial charge in [0.2, 0.25) is 0 Å². The molecular formula is C13H16IN3. The summed E-state index contributed by atoms with van der Waals surface area (Å²) in [5.74, 6) is 1.03. The Kier molecular flexibility index (Phi) is 3.22. The number of fused-ring (bicyclic) bond motifs is 1. The molecule has 0 aliphatic heterocycles. The van der Waals surface area contributed by atoms with Crippen LogP contribution in [0.1, 0.15) is 25.7 Å². The Morgan fingerprint density at radius 1 is 1.41 bits per heavy atom. The summed E-state index contributed by atoms with van der Waals surface area (Å²) in [5, 5.41) is 7.88. The number of hydrogen-bond donors (Lipinski definition) is 1. The van der Waals surface area contributed by atoms with E-state index in [0.29, 0.717) is 0 Å². The topological polar surface area (TPSA) is 29.3 Å². The molecule has 1 fully saturated rings. The third-order valence-electron chi connectivity index (χ3n) is 3.30. The minimum absolute atomic E-state index is 1.03. The van der Waals surface area contributed by atoms with Crippen molar-refractivity contribution >= 4 is 33.8 Å². The van der Waals surface area contributed by atoms with Gasteiger partial charge in [0.25, 0.3) is 0 Å². The first kappa shape index (κ1) is 11.3. The highest BCUT2D eigenvalue weighted by Crippen LogP contribution is 2.33. The van der Waals surface area contributed by atoms with Crippen LogP contribution < -0.4 is 5.32 Å². The Labute approximate surface area is 115 Å². The third-order valence-corrected chi connectivity index (χ3v) is 4.11. The van der Waals surface area contributed by atoms with Crippen molar-refractivity contribution in [2.45, 2.75) is 25.7 Å². The number of nitrogens with zero attached hydrogens (tertiary/aromatic N) is 2. The van der Waals surface area contributed by atoms with Crippen molar-refractivity contribution in [3.8, 4) is 0 Å². The lowest BCUT2D eigenvalue weighted by Gasteiger charge is -2.04. The highest BCUT2D eigenvalue weighted by molar-refractivity contribution is 14.1. The molecule has 90 valence electrons. The van der Waals surface area contributed by atoms with Gasteiger partial charge in [-0.3, -0.25) is 0 Å². The Balaban J connectivity index is 1.65. The van der Waals surface area contributed by atoms with Crippen LogP contribution in [0.15, 0.2) is 24.4 Å². The molecule has 0 bridgehead atoms. The Bertz CT molecular complexity index is 516. The highest BCUT2D eigenvalue weighted by Gasteiger charge is 2.19. The van der Waals surface area contributed by atoms with Gasteiger partial charge < -0.3 is 5.32 Å². The number of anilines is 1. The summed E-state index contributed by atoms with van der Waals surface area (Å²) in [6, 6.07) is 6.25. The molecule has 3 nitrogen and oxygen atoms in total. The largest absolute Gasteiger partial charge is 0.382 e. The molecule has 0 aromatic carbocycles. The second kappa shape index (κ2) is 4.84. The number of aromatic nitrogens is 2. The van der Waals surface area contributed by atoms with Crippen LogP contribution in [-0.2, 0) is 0 Å². The maximum absolute atomic E-state index is 4.39. The maximum Gasteiger partial charge on any atom is 0.103 e. The van der Waals surface area contributed by atoms with Gasteiger partial charge in [0, 0.05) is 6.54 Å². The van der Waals surface area contributed by atoms with E-state index in [0.717, 1.165) is 21.9 Å². The van der Waals surface area contributed by atoms with Crippen molar-refractivity contribution in [1.29, 1.82) is 0 Å². The molecule has 0 radical (unpaired) electrons. The van der Waals surface area contributed by atoms with Crippen molar-refractivity contribution in [2.75, 3.05) is 11.9 Å². The number of halogens is 1. The Morgan fingerprint density at radius 2 is 2.29 bits per heavy atom. The molecular weight excluding hydrogens is 325 g/mol. The van der Waals surface area contributed by atoms with Gasteiger partial charge in [0.05, 0.1) is 17.4 Å². The van der Waals surface area contributed by atoms with Crippen molar-refractivity contribution < 1.29 is 0 Å². The van der Waals surface area contributed by atoms with E-state index in [4.69, 9.17) is 0 Å². The van der Waals surface area contributed by atoms with Crippen LogP contribution in [0, 0.1) is 9.62 Å². The Hall–Kier alpha value is -0.780. The summed E-state index contributed by atoms with van der Waals surface area (Å²) in [4.78, 5) is 0. The van der Waals surface area contributed by atoms with Crippen LogP contribution in [0.4, 0.5) is 5.69 Å². The van der Waals surface area contributed by atoms with Gasteiger partial charge in [-0.2, -0.15) is 5.10 Å². The van der Waals surface area contributed by atoms with Crippen molar-refractivity contribution in [3.63, 3.8) is 0 Å². The molecule has 1 aliphatic carbocycles. The normalized spacial score (nSPS) is 15.4. The number of rotatable bonds is 5. The quantitative estimate of drug-likeness (QED) is 0.512. The van der Waals surface area contributed by atoms with Crippen LogP contribution in [0.25, 0.3) is 5.52 Å². The van der Waals surface area contributed by atoms with E-state index in [1.54, 1.807) is 0 Å². The molecule has 1 aliphatic rings. The predicted octanol–water partition coefficient (Wildman–Crippen LogP) is 3.54. The molecule has 1 N–H and O–H groups in total. The molecule has 0 amide bonds. The van der Waals surface area contributed by atoms with E-state index in [9.17, 15) is 0 Å².